The quantitative estimate of drug-likeness (QED) is 0.179. The first kappa shape index (κ1) is 17.1. The normalized spacial score (nSPS) is 14.4. The lowest BCUT2D eigenvalue weighted by Gasteiger charge is -2.22. The maximum Gasteiger partial charge on any atom is 0.0159 e. The highest BCUT2D eigenvalue weighted by Gasteiger charge is 2.36. The highest BCUT2D eigenvalue weighted by molar-refractivity contribution is 6.13. The molecule has 0 heteroatoms. The first-order valence-electron chi connectivity index (χ1n) is 11.0. The Morgan fingerprint density at radius 3 is 1.94 bits per heavy atom. The van der Waals surface area contributed by atoms with Crippen LogP contribution in [0, 0.1) is 0 Å². The summed E-state index contributed by atoms with van der Waals surface area (Å²) >= 11 is 0. The van der Waals surface area contributed by atoms with Gasteiger partial charge >= 0.3 is 0 Å². The average molecular weight is 395 g/mol. The van der Waals surface area contributed by atoms with Gasteiger partial charge in [0.2, 0.25) is 0 Å². The van der Waals surface area contributed by atoms with E-state index in [1.807, 2.05) is 0 Å². The highest BCUT2D eigenvalue weighted by atomic mass is 14.4. The lowest BCUT2D eigenvalue weighted by atomic mass is 9.81. The van der Waals surface area contributed by atoms with Gasteiger partial charge in [0.05, 0.1) is 0 Å². The predicted octanol–water partition coefficient (Wildman–Crippen LogP) is 8.61. The standard InChI is InChI=1S/C31H22/c1-31(2)28-14-13-22-15-20-8-3-4-9-21(20)16-26(22)30(28)27-18-25-23(17-29(27)31)12-11-19-7-5-6-10-24(19)25/h3-18H,1-2H3. The van der Waals surface area contributed by atoms with Gasteiger partial charge in [-0.1, -0.05) is 86.6 Å². The molecule has 0 heterocycles. The predicted molar refractivity (Wildman–Crippen MR) is 134 cm³/mol. The lowest BCUT2D eigenvalue weighted by Crippen LogP contribution is -2.14. The van der Waals surface area contributed by atoms with Crippen LogP contribution in [0.4, 0.5) is 0 Å². The number of rotatable bonds is 0. The number of fused-ring (bicyclic) bond motifs is 9. The van der Waals surface area contributed by atoms with Crippen LogP contribution in [0.25, 0.3) is 54.2 Å². The highest BCUT2D eigenvalue weighted by Crippen LogP contribution is 2.53. The molecule has 0 bridgehead atoms. The molecule has 0 aromatic heterocycles. The van der Waals surface area contributed by atoms with Crippen molar-refractivity contribution in [3.05, 3.63) is 108 Å². The smallest absolute Gasteiger partial charge is 0.0159 e. The van der Waals surface area contributed by atoms with Gasteiger partial charge in [-0.05, 0) is 89.6 Å². The Bertz CT molecular complexity index is 1700. The minimum atomic E-state index is -0.00959. The van der Waals surface area contributed by atoms with Gasteiger partial charge in [0.25, 0.3) is 0 Å². The number of benzene rings is 6. The number of hydrogen-bond acceptors (Lipinski definition) is 0. The molecule has 6 aromatic carbocycles. The zero-order valence-corrected chi connectivity index (χ0v) is 17.7. The van der Waals surface area contributed by atoms with Gasteiger partial charge in [0, 0.05) is 5.41 Å². The van der Waals surface area contributed by atoms with Crippen LogP contribution in [0.2, 0.25) is 0 Å². The van der Waals surface area contributed by atoms with E-state index in [-0.39, 0.29) is 5.41 Å². The van der Waals surface area contributed by atoms with Crippen LogP contribution in [0.1, 0.15) is 25.0 Å². The van der Waals surface area contributed by atoms with Crippen molar-refractivity contribution in [3.8, 4) is 11.1 Å². The summed E-state index contributed by atoms with van der Waals surface area (Å²) in [5, 5.41) is 10.6. The zero-order chi connectivity index (χ0) is 20.7. The molecule has 6 aromatic rings. The van der Waals surface area contributed by atoms with Crippen molar-refractivity contribution in [3.63, 3.8) is 0 Å². The molecule has 7 rings (SSSR count). The third-order valence-electron chi connectivity index (χ3n) is 7.39. The van der Waals surface area contributed by atoms with Crippen LogP contribution in [0.3, 0.4) is 0 Å². The van der Waals surface area contributed by atoms with Crippen LogP contribution in [0.15, 0.2) is 97.1 Å². The maximum atomic E-state index is 2.45. The first-order valence-corrected chi connectivity index (χ1v) is 11.0. The van der Waals surface area contributed by atoms with Gasteiger partial charge in [0.1, 0.15) is 0 Å². The van der Waals surface area contributed by atoms with E-state index in [1.165, 1.54) is 65.3 Å². The molecule has 0 fully saturated rings. The van der Waals surface area contributed by atoms with Crippen molar-refractivity contribution in [1.82, 2.24) is 0 Å². The first-order chi connectivity index (χ1) is 15.1. The van der Waals surface area contributed by atoms with Crippen LogP contribution in [-0.2, 0) is 5.41 Å². The van der Waals surface area contributed by atoms with E-state index in [1.54, 1.807) is 0 Å². The molecule has 0 atom stereocenters. The van der Waals surface area contributed by atoms with E-state index in [9.17, 15) is 0 Å². The van der Waals surface area contributed by atoms with E-state index >= 15 is 0 Å². The van der Waals surface area contributed by atoms with Crippen molar-refractivity contribution >= 4 is 43.1 Å². The summed E-state index contributed by atoms with van der Waals surface area (Å²) in [7, 11) is 0. The molecule has 0 unspecified atom stereocenters. The van der Waals surface area contributed by atoms with Gasteiger partial charge in [-0.25, -0.2) is 0 Å². The van der Waals surface area contributed by atoms with E-state index in [0.717, 1.165) is 0 Å². The fourth-order valence-electron chi connectivity index (χ4n) is 5.75. The number of hydrogen-bond donors (Lipinski definition) is 0. The Balaban J connectivity index is 1.66. The minimum Gasteiger partial charge on any atom is -0.0616 e. The topological polar surface area (TPSA) is 0 Å². The van der Waals surface area contributed by atoms with Crippen LogP contribution in [0.5, 0.6) is 0 Å². The molecule has 0 radical (unpaired) electrons. The van der Waals surface area contributed by atoms with Gasteiger partial charge in [-0.2, -0.15) is 0 Å². The van der Waals surface area contributed by atoms with Gasteiger partial charge in [0.15, 0.2) is 0 Å². The summed E-state index contributed by atoms with van der Waals surface area (Å²) in [6, 6.07) is 36.2. The largest absolute Gasteiger partial charge is 0.0616 e. The molecule has 1 aliphatic carbocycles. The monoisotopic (exact) mass is 394 g/mol. The fourth-order valence-corrected chi connectivity index (χ4v) is 5.75. The third-order valence-corrected chi connectivity index (χ3v) is 7.39. The van der Waals surface area contributed by atoms with Crippen LogP contribution < -0.4 is 0 Å². The van der Waals surface area contributed by atoms with Crippen LogP contribution in [-0.4, -0.2) is 0 Å². The molecule has 0 N–H and O–H groups in total. The third kappa shape index (κ3) is 2.20. The SMILES string of the molecule is CC1(C)c2cc3ccc4ccccc4c3cc2-c2c1ccc1cc3ccccc3cc21. The molecule has 1 aliphatic rings. The second-order valence-electron chi connectivity index (χ2n) is 9.44. The molecule has 0 aliphatic heterocycles. The zero-order valence-electron chi connectivity index (χ0n) is 17.7. The Kier molecular flexibility index (Phi) is 3.16. The van der Waals surface area contributed by atoms with Gasteiger partial charge in [-0.15, -0.1) is 0 Å². The lowest BCUT2D eigenvalue weighted by molar-refractivity contribution is 0.661. The molecule has 31 heavy (non-hydrogen) atoms. The average Bonchev–Trinajstić information content (AvgIpc) is 3.03. The Labute approximate surface area is 181 Å². The van der Waals surface area contributed by atoms with Crippen LogP contribution >= 0.6 is 0 Å². The minimum absolute atomic E-state index is 0.00959. The van der Waals surface area contributed by atoms with Gasteiger partial charge in [-0.3, -0.25) is 0 Å². The molecule has 146 valence electrons. The van der Waals surface area contributed by atoms with E-state index in [0.29, 0.717) is 0 Å². The van der Waals surface area contributed by atoms with Gasteiger partial charge < -0.3 is 0 Å². The molecule has 0 spiro atoms. The summed E-state index contributed by atoms with van der Waals surface area (Å²) < 4.78 is 0. The van der Waals surface area contributed by atoms with Crippen molar-refractivity contribution in [2.24, 2.45) is 0 Å². The van der Waals surface area contributed by atoms with Crippen molar-refractivity contribution < 1.29 is 0 Å². The second-order valence-corrected chi connectivity index (χ2v) is 9.44. The molecule has 0 saturated carbocycles. The summed E-state index contributed by atoms with van der Waals surface area (Å²) in [6.07, 6.45) is 0. The molecular formula is C31H22. The van der Waals surface area contributed by atoms with E-state index in [4.69, 9.17) is 0 Å². The Morgan fingerprint density at radius 1 is 0.452 bits per heavy atom. The summed E-state index contributed by atoms with van der Waals surface area (Å²) in [5.74, 6) is 0. The van der Waals surface area contributed by atoms with E-state index in [2.05, 4.69) is 111 Å². The fraction of sp³-hybridized carbons (Fsp3) is 0.0968. The summed E-state index contributed by atoms with van der Waals surface area (Å²) in [5.41, 5.74) is 5.67. The van der Waals surface area contributed by atoms with Crippen molar-refractivity contribution in [2.45, 2.75) is 19.3 Å². The molecule has 0 amide bonds. The van der Waals surface area contributed by atoms with Crippen molar-refractivity contribution in [1.29, 1.82) is 0 Å². The molecule has 0 saturated heterocycles. The van der Waals surface area contributed by atoms with E-state index < -0.39 is 0 Å². The molecule has 0 nitrogen and oxygen atoms in total. The maximum absolute atomic E-state index is 2.45. The second kappa shape index (κ2) is 5.74. The summed E-state index contributed by atoms with van der Waals surface area (Å²) in [4.78, 5) is 0. The summed E-state index contributed by atoms with van der Waals surface area (Å²) in [6.45, 7) is 4.74. The molecular weight excluding hydrogens is 372 g/mol. The Morgan fingerprint density at radius 2 is 1.10 bits per heavy atom. The Hall–Kier alpha value is -3.64. The van der Waals surface area contributed by atoms with Crippen molar-refractivity contribution in [2.75, 3.05) is 0 Å².